The van der Waals surface area contributed by atoms with Gasteiger partial charge >= 0.3 is 18.0 Å². The van der Waals surface area contributed by atoms with Crippen LogP contribution in [0.5, 0.6) is 0 Å². The molecule has 288 valence electrons. The molecular formula is C41H60N2O9. The van der Waals surface area contributed by atoms with Crippen molar-refractivity contribution in [2.75, 3.05) is 33.2 Å². The second-order valence-corrected chi connectivity index (χ2v) is 15.2. The zero-order valence-electron chi connectivity index (χ0n) is 32.0. The van der Waals surface area contributed by atoms with E-state index in [9.17, 15) is 24.6 Å². The summed E-state index contributed by atoms with van der Waals surface area (Å²) < 4.78 is 23.7. The molecule has 0 saturated carbocycles. The van der Waals surface area contributed by atoms with Gasteiger partial charge in [0.2, 0.25) is 0 Å². The van der Waals surface area contributed by atoms with Crippen LogP contribution in [0.3, 0.4) is 0 Å². The number of rotatable bonds is 11. The molecule has 52 heavy (non-hydrogen) atoms. The highest BCUT2D eigenvalue weighted by molar-refractivity contribution is 5.89. The number of aliphatic hydroxyl groups is 2. The Labute approximate surface area is 309 Å². The third-order valence-corrected chi connectivity index (χ3v) is 10.6. The lowest BCUT2D eigenvalue weighted by atomic mass is 9.88. The predicted octanol–water partition coefficient (Wildman–Crippen LogP) is 5.71. The van der Waals surface area contributed by atoms with E-state index in [1.165, 1.54) is 0 Å². The molecule has 2 saturated heterocycles. The first-order chi connectivity index (χ1) is 24.7. The Balaban J connectivity index is 1.37. The Morgan fingerprint density at radius 1 is 1.12 bits per heavy atom. The molecule has 11 heteroatoms. The maximum atomic E-state index is 13.1. The first kappa shape index (κ1) is 41.2. The maximum Gasteiger partial charge on any atom is 0.410 e. The standard InChI is InChI=1S/C41H60N2O9/c1-8-33(50-39(46)31-15-10-9-11-16-31)30(5)38-34(49-38)25-27(2)13-12-14-28(3)37-29(4)17-18-35(51-40(47)43-23-21-42(7)22-24-43)41(6,48)20-19-32(44)26-36(45)52-37/h9-18,27,29-30,32-35,37-38,44,48H,8,19-26H2,1-7H3/b13-12+,18-17+,28-14+. The lowest BCUT2D eigenvalue weighted by Crippen LogP contribution is -2.50. The van der Waals surface area contributed by atoms with Gasteiger partial charge in [-0.3, -0.25) is 4.79 Å². The van der Waals surface area contributed by atoms with Crippen molar-refractivity contribution in [3.63, 3.8) is 0 Å². The van der Waals surface area contributed by atoms with Crippen LogP contribution in [0.15, 0.2) is 66.3 Å². The van der Waals surface area contributed by atoms with Crippen molar-refractivity contribution < 1.29 is 43.5 Å². The number of ether oxygens (including phenoxy) is 4. The highest BCUT2D eigenvalue weighted by Crippen LogP contribution is 2.37. The number of hydrogen-bond acceptors (Lipinski definition) is 10. The van der Waals surface area contributed by atoms with E-state index in [1.807, 2.05) is 64.2 Å². The lowest BCUT2D eigenvalue weighted by Gasteiger charge is -2.36. The van der Waals surface area contributed by atoms with Crippen LogP contribution >= 0.6 is 0 Å². The number of cyclic esters (lactones) is 1. The quantitative estimate of drug-likeness (QED) is 0.0961. The van der Waals surface area contributed by atoms with E-state index in [0.29, 0.717) is 25.1 Å². The monoisotopic (exact) mass is 724 g/mol. The maximum absolute atomic E-state index is 13.1. The Bertz CT molecular complexity index is 1420. The van der Waals surface area contributed by atoms with E-state index in [1.54, 1.807) is 30.0 Å². The van der Waals surface area contributed by atoms with Gasteiger partial charge in [0.05, 0.1) is 30.3 Å². The molecule has 10 unspecified atom stereocenters. The zero-order valence-corrected chi connectivity index (χ0v) is 32.0. The minimum absolute atomic E-state index is 0.0192. The van der Waals surface area contributed by atoms with Crippen LogP contribution in [0.1, 0.15) is 84.0 Å². The van der Waals surface area contributed by atoms with Gasteiger partial charge in [-0.05, 0) is 76.3 Å². The SMILES string of the molecule is CCC(OC(=O)c1ccccc1)C(C)C1OC1CC(C)/C=C/C=C(\C)C1OC(=O)CC(O)CCC(C)(O)C(OC(=O)N2CCN(C)CC2)/C=C/C1C. The summed E-state index contributed by atoms with van der Waals surface area (Å²) in [6, 6.07) is 9.02. The van der Waals surface area contributed by atoms with Crippen LogP contribution in [-0.4, -0.2) is 113 Å². The van der Waals surface area contributed by atoms with Gasteiger partial charge in [0.15, 0.2) is 6.10 Å². The van der Waals surface area contributed by atoms with Gasteiger partial charge in [0, 0.05) is 38.0 Å². The van der Waals surface area contributed by atoms with Crippen molar-refractivity contribution in [3.05, 3.63) is 71.8 Å². The number of hydrogen-bond donors (Lipinski definition) is 2. The average molecular weight is 725 g/mol. The Morgan fingerprint density at radius 3 is 2.48 bits per heavy atom. The Morgan fingerprint density at radius 2 is 1.81 bits per heavy atom. The second-order valence-electron chi connectivity index (χ2n) is 15.2. The summed E-state index contributed by atoms with van der Waals surface area (Å²) in [6.45, 7) is 14.1. The summed E-state index contributed by atoms with van der Waals surface area (Å²) in [5.41, 5.74) is -0.121. The number of aliphatic hydroxyl groups excluding tert-OH is 1. The van der Waals surface area contributed by atoms with E-state index in [-0.39, 0.29) is 61.3 Å². The summed E-state index contributed by atoms with van der Waals surface area (Å²) in [7, 11) is 2.00. The molecule has 1 aromatic rings. The number of nitrogens with zero attached hydrogens (tertiary/aromatic N) is 2. The van der Waals surface area contributed by atoms with E-state index in [4.69, 9.17) is 18.9 Å². The molecule has 11 nitrogen and oxygen atoms in total. The predicted molar refractivity (Wildman–Crippen MR) is 198 cm³/mol. The van der Waals surface area contributed by atoms with Gasteiger partial charge in [-0.15, -0.1) is 0 Å². The molecule has 0 aliphatic carbocycles. The molecule has 4 rings (SSSR count). The van der Waals surface area contributed by atoms with Crippen LogP contribution in [-0.2, 0) is 23.7 Å². The highest BCUT2D eigenvalue weighted by Gasteiger charge is 2.46. The van der Waals surface area contributed by atoms with Gasteiger partial charge in [-0.25, -0.2) is 9.59 Å². The highest BCUT2D eigenvalue weighted by atomic mass is 16.6. The van der Waals surface area contributed by atoms with Crippen molar-refractivity contribution in [3.8, 4) is 0 Å². The van der Waals surface area contributed by atoms with E-state index >= 15 is 0 Å². The molecular weight excluding hydrogens is 664 g/mol. The van der Waals surface area contributed by atoms with Gasteiger partial charge in [-0.2, -0.15) is 0 Å². The summed E-state index contributed by atoms with van der Waals surface area (Å²) in [4.78, 5) is 42.4. The van der Waals surface area contributed by atoms with E-state index in [2.05, 4.69) is 24.8 Å². The summed E-state index contributed by atoms with van der Waals surface area (Å²) in [5.74, 6) is -0.912. The number of esters is 2. The van der Waals surface area contributed by atoms with Crippen molar-refractivity contribution in [1.29, 1.82) is 0 Å². The molecule has 0 aromatic heterocycles. The molecule has 1 amide bonds. The number of carbonyl (C=O) groups excluding carboxylic acids is 3. The zero-order chi connectivity index (χ0) is 38.0. The number of amides is 1. The van der Waals surface area contributed by atoms with Gasteiger partial charge in [0.1, 0.15) is 17.8 Å². The largest absolute Gasteiger partial charge is 0.458 e. The molecule has 2 fully saturated rings. The molecule has 1 aromatic carbocycles. The average Bonchev–Trinajstić information content (AvgIpc) is 3.88. The first-order valence-corrected chi connectivity index (χ1v) is 18.9. The molecule has 0 bridgehead atoms. The van der Waals surface area contributed by atoms with Crippen molar-refractivity contribution in [2.45, 2.75) is 116 Å². The molecule has 0 spiro atoms. The third kappa shape index (κ3) is 12.0. The topological polar surface area (TPSA) is 138 Å². The molecule has 10 atom stereocenters. The molecule has 0 radical (unpaired) electrons. The van der Waals surface area contributed by atoms with Crippen LogP contribution in [0.2, 0.25) is 0 Å². The second kappa shape index (κ2) is 19.0. The van der Waals surface area contributed by atoms with Crippen LogP contribution in [0, 0.1) is 17.8 Å². The number of likely N-dealkylation sites (N-methyl/N-ethyl adjacent to an activating group) is 1. The van der Waals surface area contributed by atoms with Crippen molar-refractivity contribution in [1.82, 2.24) is 9.80 Å². The Hall–Kier alpha value is -3.51. The van der Waals surface area contributed by atoms with E-state index < -0.39 is 36.0 Å². The third-order valence-electron chi connectivity index (χ3n) is 10.6. The fourth-order valence-electron chi connectivity index (χ4n) is 6.92. The van der Waals surface area contributed by atoms with Crippen LogP contribution in [0.4, 0.5) is 4.79 Å². The van der Waals surface area contributed by atoms with Gasteiger partial charge < -0.3 is 39.0 Å². The number of piperazine rings is 1. The minimum Gasteiger partial charge on any atom is -0.458 e. The number of carbonyl (C=O) groups is 3. The fraction of sp³-hybridized carbons (Fsp3) is 0.634. The number of epoxide rings is 1. The molecule has 3 heterocycles. The normalized spacial score (nSPS) is 31.8. The van der Waals surface area contributed by atoms with Gasteiger partial charge in [0.25, 0.3) is 0 Å². The van der Waals surface area contributed by atoms with Crippen LogP contribution in [0.25, 0.3) is 0 Å². The number of allylic oxidation sites excluding steroid dienone is 3. The molecule has 3 aliphatic heterocycles. The molecule has 3 aliphatic rings. The summed E-state index contributed by atoms with van der Waals surface area (Å²) in [6.07, 6.45) is 7.77. The van der Waals surface area contributed by atoms with E-state index in [0.717, 1.165) is 25.1 Å². The smallest absolute Gasteiger partial charge is 0.410 e. The Kier molecular flexibility index (Phi) is 15.1. The first-order valence-electron chi connectivity index (χ1n) is 18.9. The summed E-state index contributed by atoms with van der Waals surface area (Å²) in [5, 5.41) is 22.1. The lowest BCUT2D eigenvalue weighted by molar-refractivity contribution is -0.151. The van der Waals surface area contributed by atoms with Gasteiger partial charge in [-0.1, -0.05) is 70.2 Å². The van der Waals surface area contributed by atoms with Crippen LogP contribution < -0.4 is 0 Å². The summed E-state index contributed by atoms with van der Waals surface area (Å²) >= 11 is 0. The number of benzene rings is 1. The van der Waals surface area contributed by atoms with Crippen molar-refractivity contribution in [2.24, 2.45) is 17.8 Å². The fourth-order valence-corrected chi connectivity index (χ4v) is 6.92. The van der Waals surface area contributed by atoms with Crippen molar-refractivity contribution >= 4 is 18.0 Å². The molecule has 2 N–H and O–H groups in total. The minimum atomic E-state index is -1.46.